The predicted octanol–water partition coefficient (Wildman–Crippen LogP) is 2.86. The lowest BCUT2D eigenvalue weighted by atomic mass is 10.0. The first-order valence-electron chi connectivity index (χ1n) is 5.33. The molecular weight excluding hydrogens is 245 g/mol. The summed E-state index contributed by atoms with van der Waals surface area (Å²) in [6.07, 6.45) is -2.40. The van der Waals surface area contributed by atoms with E-state index in [2.05, 4.69) is 5.16 Å². The van der Waals surface area contributed by atoms with Gasteiger partial charge in [-0.15, -0.1) is 0 Å². The second-order valence-electron chi connectivity index (χ2n) is 3.79. The molecule has 0 bridgehead atoms. The Hall–Kier alpha value is -1.82. The lowest BCUT2D eigenvalue weighted by Crippen LogP contribution is -2.05. The minimum absolute atomic E-state index is 0.403. The van der Waals surface area contributed by atoms with Crippen molar-refractivity contribution in [3.05, 3.63) is 41.8 Å². The van der Waals surface area contributed by atoms with Crippen molar-refractivity contribution in [1.82, 2.24) is 5.16 Å². The van der Waals surface area contributed by atoms with Gasteiger partial charge in [-0.3, -0.25) is 0 Å². The lowest BCUT2D eigenvalue weighted by Gasteiger charge is -2.07. The fourth-order valence-corrected chi connectivity index (χ4v) is 1.65. The standard InChI is InChI=1S/C12H11F3N2O/c13-12(14,15)9-3-1-8(2-4-9)10-7-18-17-11(10)5-6-16/h1-4,7H,5-6,16H2. The van der Waals surface area contributed by atoms with Crippen LogP contribution in [0.5, 0.6) is 0 Å². The lowest BCUT2D eigenvalue weighted by molar-refractivity contribution is -0.137. The van der Waals surface area contributed by atoms with E-state index in [1.807, 2.05) is 0 Å². The van der Waals surface area contributed by atoms with Crippen LogP contribution in [0.2, 0.25) is 0 Å². The van der Waals surface area contributed by atoms with E-state index >= 15 is 0 Å². The van der Waals surface area contributed by atoms with E-state index in [1.54, 1.807) is 0 Å². The number of hydrogen-bond acceptors (Lipinski definition) is 3. The van der Waals surface area contributed by atoms with Crippen LogP contribution in [0.4, 0.5) is 13.2 Å². The molecular formula is C12H11F3N2O. The van der Waals surface area contributed by atoms with E-state index < -0.39 is 11.7 Å². The molecule has 0 unspecified atom stereocenters. The van der Waals surface area contributed by atoms with Crippen LogP contribution in [0.3, 0.4) is 0 Å². The summed E-state index contributed by atoms with van der Waals surface area (Å²) in [5.74, 6) is 0. The molecule has 2 N–H and O–H groups in total. The first-order chi connectivity index (χ1) is 8.52. The number of nitrogens with two attached hydrogens (primary N) is 1. The zero-order valence-electron chi connectivity index (χ0n) is 9.37. The first kappa shape index (κ1) is 12.6. The monoisotopic (exact) mass is 256 g/mol. The number of rotatable bonds is 3. The Morgan fingerprint density at radius 1 is 1.17 bits per heavy atom. The highest BCUT2D eigenvalue weighted by molar-refractivity contribution is 5.65. The first-order valence-corrected chi connectivity index (χ1v) is 5.33. The van der Waals surface area contributed by atoms with Crippen LogP contribution in [0.15, 0.2) is 35.1 Å². The van der Waals surface area contributed by atoms with Gasteiger partial charge in [0, 0.05) is 12.0 Å². The highest BCUT2D eigenvalue weighted by Gasteiger charge is 2.30. The van der Waals surface area contributed by atoms with Gasteiger partial charge >= 0.3 is 6.18 Å². The molecule has 1 aromatic heterocycles. The third-order valence-electron chi connectivity index (χ3n) is 2.55. The Kier molecular flexibility index (Phi) is 3.38. The number of nitrogens with zero attached hydrogens (tertiary/aromatic N) is 1. The molecule has 2 rings (SSSR count). The smallest absolute Gasteiger partial charge is 0.364 e. The molecule has 0 amide bonds. The minimum Gasteiger partial charge on any atom is -0.364 e. The average Bonchev–Trinajstić information content (AvgIpc) is 2.77. The number of alkyl halides is 3. The molecule has 0 aliphatic heterocycles. The van der Waals surface area contributed by atoms with Crippen molar-refractivity contribution in [2.24, 2.45) is 5.73 Å². The summed E-state index contributed by atoms with van der Waals surface area (Å²) >= 11 is 0. The SMILES string of the molecule is NCCc1nocc1-c1ccc(C(F)(F)F)cc1. The van der Waals surface area contributed by atoms with Crippen LogP contribution in [-0.4, -0.2) is 11.7 Å². The molecule has 1 heterocycles. The molecule has 0 aliphatic rings. The third-order valence-corrected chi connectivity index (χ3v) is 2.55. The van der Waals surface area contributed by atoms with Gasteiger partial charge in [-0.1, -0.05) is 17.3 Å². The van der Waals surface area contributed by atoms with Gasteiger partial charge in [0.05, 0.1) is 11.3 Å². The number of hydrogen-bond donors (Lipinski definition) is 1. The van der Waals surface area contributed by atoms with E-state index in [-0.39, 0.29) is 0 Å². The van der Waals surface area contributed by atoms with Gasteiger partial charge < -0.3 is 10.3 Å². The molecule has 0 fully saturated rings. The van der Waals surface area contributed by atoms with Crippen LogP contribution in [0, 0.1) is 0 Å². The molecule has 0 aliphatic carbocycles. The van der Waals surface area contributed by atoms with Crippen LogP contribution >= 0.6 is 0 Å². The predicted molar refractivity (Wildman–Crippen MR) is 59.7 cm³/mol. The van der Waals surface area contributed by atoms with Gasteiger partial charge in [0.1, 0.15) is 6.26 Å². The van der Waals surface area contributed by atoms with Crippen LogP contribution in [-0.2, 0) is 12.6 Å². The van der Waals surface area contributed by atoms with Gasteiger partial charge in [0.25, 0.3) is 0 Å². The largest absolute Gasteiger partial charge is 0.416 e. The molecule has 96 valence electrons. The summed E-state index contributed by atoms with van der Waals surface area (Å²) in [6, 6.07) is 4.87. The van der Waals surface area contributed by atoms with Gasteiger partial charge in [0.2, 0.25) is 0 Å². The summed E-state index contributed by atoms with van der Waals surface area (Å²) < 4.78 is 42.1. The van der Waals surface area contributed by atoms with Gasteiger partial charge in [0.15, 0.2) is 0 Å². The number of halogens is 3. The Morgan fingerprint density at radius 3 is 2.39 bits per heavy atom. The highest BCUT2D eigenvalue weighted by atomic mass is 19.4. The second kappa shape index (κ2) is 4.81. The molecule has 0 saturated carbocycles. The quantitative estimate of drug-likeness (QED) is 0.918. The highest BCUT2D eigenvalue weighted by Crippen LogP contribution is 2.31. The fraction of sp³-hybridized carbons (Fsp3) is 0.250. The van der Waals surface area contributed by atoms with Crippen LogP contribution in [0.25, 0.3) is 11.1 Å². The Bertz CT molecular complexity index is 517. The van der Waals surface area contributed by atoms with Gasteiger partial charge in [-0.25, -0.2) is 0 Å². The third kappa shape index (κ3) is 2.53. The van der Waals surface area contributed by atoms with Crippen molar-refractivity contribution in [3.63, 3.8) is 0 Å². The topological polar surface area (TPSA) is 52.0 Å². The Morgan fingerprint density at radius 2 is 1.83 bits per heavy atom. The van der Waals surface area contributed by atoms with E-state index in [1.165, 1.54) is 18.4 Å². The van der Waals surface area contributed by atoms with Crippen LogP contribution in [0.1, 0.15) is 11.3 Å². The van der Waals surface area contributed by atoms with Crippen molar-refractivity contribution in [3.8, 4) is 11.1 Å². The molecule has 3 nitrogen and oxygen atoms in total. The minimum atomic E-state index is -4.33. The summed E-state index contributed by atoms with van der Waals surface area (Å²) in [5.41, 5.74) is 6.70. The van der Waals surface area contributed by atoms with Crippen molar-refractivity contribution < 1.29 is 17.7 Å². The van der Waals surface area contributed by atoms with Gasteiger partial charge in [-0.2, -0.15) is 13.2 Å². The Balaban J connectivity index is 2.32. The maximum absolute atomic E-state index is 12.4. The second-order valence-corrected chi connectivity index (χ2v) is 3.79. The van der Waals surface area contributed by atoms with E-state index in [9.17, 15) is 13.2 Å². The molecule has 0 radical (unpaired) electrons. The van der Waals surface area contributed by atoms with E-state index in [0.29, 0.717) is 29.8 Å². The zero-order valence-corrected chi connectivity index (χ0v) is 9.37. The molecule has 0 saturated heterocycles. The summed E-state index contributed by atoms with van der Waals surface area (Å²) in [5, 5.41) is 3.78. The fourth-order valence-electron chi connectivity index (χ4n) is 1.65. The molecule has 0 atom stereocenters. The summed E-state index contributed by atoms with van der Waals surface area (Å²) in [6.45, 7) is 0.403. The molecule has 0 spiro atoms. The van der Waals surface area contributed by atoms with Crippen LogP contribution < -0.4 is 5.73 Å². The van der Waals surface area contributed by atoms with E-state index in [4.69, 9.17) is 10.3 Å². The molecule has 18 heavy (non-hydrogen) atoms. The molecule has 6 heteroatoms. The van der Waals surface area contributed by atoms with Crippen molar-refractivity contribution >= 4 is 0 Å². The van der Waals surface area contributed by atoms with Gasteiger partial charge in [-0.05, 0) is 24.2 Å². The number of aromatic nitrogens is 1. The van der Waals surface area contributed by atoms with Crippen molar-refractivity contribution in [1.29, 1.82) is 0 Å². The van der Waals surface area contributed by atoms with E-state index in [0.717, 1.165) is 12.1 Å². The molecule has 2 aromatic rings. The normalized spacial score (nSPS) is 11.8. The van der Waals surface area contributed by atoms with Crippen molar-refractivity contribution in [2.75, 3.05) is 6.54 Å². The summed E-state index contributed by atoms with van der Waals surface area (Å²) in [7, 11) is 0. The maximum Gasteiger partial charge on any atom is 0.416 e. The van der Waals surface area contributed by atoms with Crippen molar-refractivity contribution in [2.45, 2.75) is 12.6 Å². The number of benzene rings is 1. The maximum atomic E-state index is 12.4. The Labute approximate surface area is 101 Å². The average molecular weight is 256 g/mol. The summed E-state index contributed by atoms with van der Waals surface area (Å²) in [4.78, 5) is 0. The molecule has 1 aromatic carbocycles. The zero-order chi connectivity index (χ0) is 13.2.